The van der Waals surface area contributed by atoms with Crippen molar-refractivity contribution >= 4 is 29.1 Å². The molecule has 0 aliphatic heterocycles. The predicted molar refractivity (Wildman–Crippen MR) is 88.3 cm³/mol. The topological polar surface area (TPSA) is 58.2 Å². The van der Waals surface area contributed by atoms with Crippen LogP contribution < -0.4 is 10.6 Å². The van der Waals surface area contributed by atoms with Crippen LogP contribution in [0.15, 0.2) is 49.1 Å². The Morgan fingerprint density at radius 1 is 1.08 bits per heavy atom. The molecule has 2 N–H and O–H groups in total. The molecule has 0 radical (unpaired) electrons. The lowest BCUT2D eigenvalue weighted by molar-refractivity contribution is 0.0959. The van der Waals surface area contributed by atoms with E-state index >= 15 is 0 Å². The highest BCUT2D eigenvalue weighted by Gasteiger charge is 2.17. The molecule has 24 heavy (non-hydrogen) atoms. The SMILES string of the molecule is C=CCNC(=O)c1ccccc1NC(=O)c1cc(F)c(F)cc1Cl. The minimum atomic E-state index is -1.19. The Labute approximate surface area is 142 Å². The van der Waals surface area contributed by atoms with Crippen LogP contribution in [0.3, 0.4) is 0 Å². The van der Waals surface area contributed by atoms with Crippen molar-refractivity contribution in [2.75, 3.05) is 11.9 Å². The van der Waals surface area contributed by atoms with Crippen LogP contribution in [0.25, 0.3) is 0 Å². The summed E-state index contributed by atoms with van der Waals surface area (Å²) in [4.78, 5) is 24.3. The molecule has 0 aliphatic carbocycles. The molecule has 0 unspecified atom stereocenters. The monoisotopic (exact) mass is 350 g/mol. The molecule has 0 atom stereocenters. The Morgan fingerprint density at radius 2 is 1.75 bits per heavy atom. The van der Waals surface area contributed by atoms with Crippen molar-refractivity contribution in [1.82, 2.24) is 5.32 Å². The molecular formula is C17H13ClF2N2O2. The van der Waals surface area contributed by atoms with E-state index in [4.69, 9.17) is 11.6 Å². The number of carbonyl (C=O) groups is 2. The average molecular weight is 351 g/mol. The van der Waals surface area contributed by atoms with E-state index in [1.807, 2.05) is 0 Å². The summed E-state index contributed by atoms with van der Waals surface area (Å²) in [6.45, 7) is 3.76. The minimum Gasteiger partial charge on any atom is -0.349 e. The van der Waals surface area contributed by atoms with Gasteiger partial charge < -0.3 is 10.6 Å². The standard InChI is InChI=1S/C17H13ClF2N2O2/c1-2-7-21-16(23)10-5-3-4-6-15(10)22-17(24)11-8-13(19)14(20)9-12(11)18/h2-6,8-9H,1,7H2,(H,21,23)(H,22,24). The summed E-state index contributed by atoms with van der Waals surface area (Å²) < 4.78 is 26.4. The number of nitrogens with one attached hydrogen (secondary N) is 2. The number of anilines is 1. The predicted octanol–water partition coefficient (Wildman–Crippen LogP) is 3.79. The van der Waals surface area contributed by atoms with E-state index < -0.39 is 23.4 Å². The fourth-order valence-electron chi connectivity index (χ4n) is 1.94. The van der Waals surface area contributed by atoms with E-state index in [9.17, 15) is 18.4 Å². The zero-order chi connectivity index (χ0) is 17.7. The first kappa shape index (κ1) is 17.6. The van der Waals surface area contributed by atoms with Crippen molar-refractivity contribution in [2.24, 2.45) is 0 Å². The normalized spacial score (nSPS) is 10.1. The second kappa shape index (κ2) is 7.70. The lowest BCUT2D eigenvalue weighted by Crippen LogP contribution is -2.25. The maximum atomic E-state index is 13.3. The van der Waals surface area contributed by atoms with Gasteiger partial charge in [0, 0.05) is 6.54 Å². The third-order valence-electron chi connectivity index (χ3n) is 3.08. The number of halogens is 3. The Kier molecular flexibility index (Phi) is 5.65. The Bertz CT molecular complexity index is 809. The smallest absolute Gasteiger partial charge is 0.257 e. The van der Waals surface area contributed by atoms with Gasteiger partial charge >= 0.3 is 0 Å². The van der Waals surface area contributed by atoms with Crippen LogP contribution in [0.2, 0.25) is 5.02 Å². The fourth-order valence-corrected chi connectivity index (χ4v) is 2.17. The summed E-state index contributed by atoms with van der Waals surface area (Å²) >= 11 is 5.78. The van der Waals surface area contributed by atoms with E-state index in [0.29, 0.717) is 12.1 Å². The molecule has 2 rings (SSSR count). The molecule has 2 aromatic carbocycles. The number of rotatable bonds is 5. The van der Waals surface area contributed by atoms with Gasteiger partial charge in [0.1, 0.15) is 0 Å². The molecule has 0 bridgehead atoms. The van der Waals surface area contributed by atoms with Crippen LogP contribution in [0.1, 0.15) is 20.7 Å². The summed E-state index contributed by atoms with van der Waals surface area (Å²) in [5.74, 6) is -3.52. The first-order valence-corrected chi connectivity index (χ1v) is 7.26. The third kappa shape index (κ3) is 3.97. The van der Waals surface area contributed by atoms with E-state index in [1.165, 1.54) is 18.2 Å². The van der Waals surface area contributed by atoms with Crippen LogP contribution in [-0.4, -0.2) is 18.4 Å². The Hall–Kier alpha value is -2.73. The maximum Gasteiger partial charge on any atom is 0.257 e. The van der Waals surface area contributed by atoms with Gasteiger partial charge in [0.15, 0.2) is 11.6 Å². The molecule has 124 valence electrons. The van der Waals surface area contributed by atoms with Crippen LogP contribution >= 0.6 is 11.6 Å². The van der Waals surface area contributed by atoms with Gasteiger partial charge in [0.25, 0.3) is 11.8 Å². The molecule has 0 aromatic heterocycles. The molecule has 2 aromatic rings. The summed E-state index contributed by atoms with van der Waals surface area (Å²) in [6.07, 6.45) is 1.51. The van der Waals surface area contributed by atoms with Crippen molar-refractivity contribution in [1.29, 1.82) is 0 Å². The van der Waals surface area contributed by atoms with Crippen molar-refractivity contribution < 1.29 is 18.4 Å². The number of amides is 2. The van der Waals surface area contributed by atoms with E-state index in [1.54, 1.807) is 12.1 Å². The molecule has 0 saturated carbocycles. The van der Waals surface area contributed by atoms with E-state index in [-0.39, 0.29) is 28.4 Å². The van der Waals surface area contributed by atoms with Crippen LogP contribution in [0, 0.1) is 11.6 Å². The third-order valence-corrected chi connectivity index (χ3v) is 3.39. The zero-order valence-corrected chi connectivity index (χ0v) is 13.2. The van der Waals surface area contributed by atoms with Gasteiger partial charge in [-0.3, -0.25) is 9.59 Å². The lowest BCUT2D eigenvalue weighted by Gasteiger charge is -2.11. The number of carbonyl (C=O) groups excluding carboxylic acids is 2. The highest BCUT2D eigenvalue weighted by molar-refractivity contribution is 6.34. The minimum absolute atomic E-state index is 0.213. The number of hydrogen-bond acceptors (Lipinski definition) is 2. The number of hydrogen-bond donors (Lipinski definition) is 2. The second-order valence-corrected chi connectivity index (χ2v) is 5.15. The zero-order valence-electron chi connectivity index (χ0n) is 12.4. The lowest BCUT2D eigenvalue weighted by atomic mass is 10.1. The molecular weight excluding hydrogens is 338 g/mol. The van der Waals surface area contributed by atoms with Crippen LogP contribution in [0.5, 0.6) is 0 Å². The average Bonchev–Trinajstić information content (AvgIpc) is 2.56. The van der Waals surface area contributed by atoms with E-state index in [2.05, 4.69) is 17.2 Å². The van der Waals surface area contributed by atoms with Crippen molar-refractivity contribution in [2.45, 2.75) is 0 Å². The van der Waals surface area contributed by atoms with Gasteiger partial charge in [-0.25, -0.2) is 8.78 Å². The Balaban J connectivity index is 2.28. The van der Waals surface area contributed by atoms with Gasteiger partial charge in [0.2, 0.25) is 0 Å². The Morgan fingerprint density at radius 3 is 2.46 bits per heavy atom. The summed E-state index contributed by atoms with van der Waals surface area (Å²) in [5, 5.41) is 4.82. The molecule has 0 spiro atoms. The highest BCUT2D eigenvalue weighted by Crippen LogP contribution is 2.22. The summed E-state index contributed by atoms with van der Waals surface area (Å²) in [5.41, 5.74) is 0.188. The first-order valence-electron chi connectivity index (χ1n) is 6.88. The fraction of sp³-hybridized carbons (Fsp3) is 0.0588. The van der Waals surface area contributed by atoms with Crippen molar-refractivity contribution in [3.8, 4) is 0 Å². The van der Waals surface area contributed by atoms with Gasteiger partial charge in [-0.15, -0.1) is 6.58 Å². The summed E-state index contributed by atoms with van der Waals surface area (Å²) in [7, 11) is 0. The molecule has 7 heteroatoms. The molecule has 0 heterocycles. The van der Waals surface area contributed by atoms with Crippen molar-refractivity contribution in [3.05, 3.63) is 76.8 Å². The largest absolute Gasteiger partial charge is 0.349 e. The van der Waals surface area contributed by atoms with Crippen molar-refractivity contribution in [3.63, 3.8) is 0 Å². The first-order chi connectivity index (χ1) is 11.4. The number of benzene rings is 2. The summed E-state index contributed by atoms with van der Waals surface area (Å²) in [6, 6.07) is 7.69. The van der Waals surface area contributed by atoms with Gasteiger partial charge in [-0.05, 0) is 24.3 Å². The van der Waals surface area contributed by atoms with Gasteiger partial charge in [-0.1, -0.05) is 29.8 Å². The van der Waals surface area contributed by atoms with Gasteiger partial charge in [0.05, 0.1) is 21.8 Å². The molecule has 2 amide bonds. The molecule has 0 fully saturated rings. The quantitative estimate of drug-likeness (QED) is 0.636. The maximum absolute atomic E-state index is 13.3. The van der Waals surface area contributed by atoms with E-state index in [0.717, 1.165) is 0 Å². The second-order valence-electron chi connectivity index (χ2n) is 4.74. The molecule has 0 aliphatic rings. The van der Waals surface area contributed by atoms with Gasteiger partial charge in [-0.2, -0.15) is 0 Å². The molecule has 4 nitrogen and oxygen atoms in total. The highest BCUT2D eigenvalue weighted by atomic mass is 35.5. The van der Waals surface area contributed by atoms with Crippen LogP contribution in [-0.2, 0) is 0 Å². The van der Waals surface area contributed by atoms with Crippen LogP contribution in [0.4, 0.5) is 14.5 Å². The number of para-hydroxylation sites is 1. The molecule has 0 saturated heterocycles.